The average Bonchev–Trinajstić information content (AvgIpc) is 3.95. The van der Waals surface area contributed by atoms with Gasteiger partial charge in [-0.2, -0.15) is 0 Å². The summed E-state index contributed by atoms with van der Waals surface area (Å²) in [4.78, 5) is 2.46. The van der Waals surface area contributed by atoms with Crippen molar-refractivity contribution in [2.24, 2.45) is 0 Å². The lowest BCUT2D eigenvalue weighted by atomic mass is 9.80. The summed E-state index contributed by atoms with van der Waals surface area (Å²) in [5.41, 5.74) is 17.4. The highest BCUT2D eigenvalue weighted by atomic mass is 16.3. The van der Waals surface area contributed by atoms with Crippen LogP contribution in [0.4, 0.5) is 17.1 Å². The van der Waals surface area contributed by atoms with Crippen LogP contribution in [0, 0.1) is 0 Å². The Bertz CT molecular complexity index is 3770. The number of furan rings is 1. The van der Waals surface area contributed by atoms with Crippen molar-refractivity contribution in [1.82, 2.24) is 4.57 Å². The molecule has 0 aliphatic heterocycles. The van der Waals surface area contributed by atoms with Crippen LogP contribution in [0.15, 0.2) is 229 Å². The molecule has 320 valence electrons. The summed E-state index contributed by atoms with van der Waals surface area (Å²) in [6.45, 7) is 0. The molecule has 10 aromatic carbocycles. The van der Waals surface area contributed by atoms with E-state index in [1.807, 2.05) is 12.1 Å². The first-order valence-corrected chi connectivity index (χ1v) is 23.9. The van der Waals surface area contributed by atoms with Crippen LogP contribution in [0.1, 0.15) is 43.6 Å². The lowest BCUT2D eigenvalue weighted by Crippen LogP contribution is -2.11. The minimum atomic E-state index is 0.575. The normalized spacial score (nSPS) is 13.3. The molecule has 3 nitrogen and oxygen atoms in total. The second-order valence-electron chi connectivity index (χ2n) is 18.2. The quantitative estimate of drug-likeness (QED) is 0.152. The van der Waals surface area contributed by atoms with Gasteiger partial charge in [0.15, 0.2) is 0 Å². The Kier molecular flexibility index (Phi) is 9.60. The number of para-hydroxylation sites is 5. The van der Waals surface area contributed by atoms with Crippen LogP contribution in [0.3, 0.4) is 0 Å². The van der Waals surface area contributed by atoms with Crippen LogP contribution in [-0.2, 0) is 0 Å². The Labute approximate surface area is 390 Å². The number of hydrogen-bond donors (Lipinski definition) is 0. The van der Waals surface area contributed by atoms with E-state index in [0.717, 1.165) is 55.8 Å². The third-order valence-electron chi connectivity index (χ3n) is 14.4. The van der Waals surface area contributed by atoms with Gasteiger partial charge in [0, 0.05) is 49.7 Å². The number of nitrogens with zero attached hydrogens (tertiary/aromatic N) is 2. The molecule has 0 radical (unpaired) electrons. The second-order valence-corrected chi connectivity index (χ2v) is 18.2. The summed E-state index contributed by atoms with van der Waals surface area (Å²) < 4.78 is 8.62. The summed E-state index contributed by atoms with van der Waals surface area (Å²) in [6, 6.07) is 82.3. The smallest absolute Gasteiger partial charge is 0.135 e. The highest BCUT2D eigenvalue weighted by Gasteiger charge is 2.24. The molecule has 67 heavy (non-hydrogen) atoms. The van der Waals surface area contributed by atoms with Crippen LogP contribution in [-0.4, -0.2) is 4.57 Å². The van der Waals surface area contributed by atoms with Gasteiger partial charge in [0.05, 0.1) is 16.7 Å². The maximum atomic E-state index is 6.20. The first-order valence-electron chi connectivity index (χ1n) is 23.9. The largest absolute Gasteiger partial charge is 0.456 e. The number of rotatable bonds is 8. The standard InChI is InChI=1S/C64H48N2O/c1-3-16-44(17-4-1)51-25-13-18-46-19-14-27-56(63(46)51)53-22-7-10-29-59(53)65(49-37-32-43(33-38-49)47-36-41-62-58(42-47)55-24-9-12-31-61(55)67-62)50-39-34-45(35-40-50)52-26-15-28-57-54-23-8-11-30-60(54)66(64(52)57)48-20-5-2-6-21-48/h2,5-15,18-42,44H,1,3-4,16-17H2. The van der Waals surface area contributed by atoms with E-state index in [4.69, 9.17) is 4.42 Å². The van der Waals surface area contributed by atoms with Crippen molar-refractivity contribution in [2.45, 2.75) is 38.0 Å². The molecule has 1 fully saturated rings. The minimum Gasteiger partial charge on any atom is -0.456 e. The summed E-state index contributed by atoms with van der Waals surface area (Å²) in [6.07, 6.45) is 6.45. The minimum absolute atomic E-state index is 0.575. The SMILES string of the molecule is c1ccc(-n2c3ccccc3c3cccc(-c4ccc(N(c5ccc(-c6ccc7oc8ccccc8c7c6)cc5)c5ccccc5-c5cccc6cccc(C7CCCCC7)c56)cc4)c32)cc1. The number of fused-ring (bicyclic) bond motifs is 7. The fourth-order valence-corrected chi connectivity index (χ4v) is 11.3. The van der Waals surface area contributed by atoms with Crippen molar-refractivity contribution in [1.29, 1.82) is 0 Å². The molecule has 1 aliphatic carbocycles. The van der Waals surface area contributed by atoms with Crippen molar-refractivity contribution in [3.63, 3.8) is 0 Å². The zero-order valence-electron chi connectivity index (χ0n) is 37.3. The van der Waals surface area contributed by atoms with Crippen molar-refractivity contribution in [3.8, 4) is 39.1 Å². The second kappa shape index (κ2) is 16.4. The van der Waals surface area contributed by atoms with Crippen LogP contribution in [0.25, 0.3) is 93.6 Å². The molecule has 12 aromatic rings. The van der Waals surface area contributed by atoms with Gasteiger partial charge < -0.3 is 13.9 Å². The Morgan fingerprint density at radius 2 is 1.03 bits per heavy atom. The van der Waals surface area contributed by atoms with Crippen LogP contribution in [0.2, 0.25) is 0 Å². The van der Waals surface area contributed by atoms with E-state index in [9.17, 15) is 0 Å². The summed E-state index contributed by atoms with van der Waals surface area (Å²) >= 11 is 0. The van der Waals surface area contributed by atoms with E-state index >= 15 is 0 Å². The molecule has 0 saturated heterocycles. The highest BCUT2D eigenvalue weighted by molar-refractivity contribution is 6.14. The lowest BCUT2D eigenvalue weighted by molar-refractivity contribution is 0.445. The van der Waals surface area contributed by atoms with Gasteiger partial charge in [-0.25, -0.2) is 0 Å². The third-order valence-corrected chi connectivity index (χ3v) is 14.4. The topological polar surface area (TPSA) is 21.3 Å². The average molecular weight is 861 g/mol. The van der Waals surface area contributed by atoms with E-state index in [1.165, 1.54) is 92.5 Å². The fraction of sp³-hybridized carbons (Fsp3) is 0.0938. The van der Waals surface area contributed by atoms with E-state index in [-0.39, 0.29) is 0 Å². The Hall–Kier alpha value is -8.14. The van der Waals surface area contributed by atoms with Crippen LogP contribution in [0.5, 0.6) is 0 Å². The molecule has 0 atom stereocenters. The first-order chi connectivity index (χ1) is 33.2. The molecule has 0 spiro atoms. The molecule has 3 heteroatoms. The van der Waals surface area contributed by atoms with E-state index in [2.05, 4.69) is 222 Å². The summed E-state index contributed by atoms with van der Waals surface area (Å²) in [7, 11) is 0. The number of benzene rings is 10. The molecular weight excluding hydrogens is 813 g/mol. The van der Waals surface area contributed by atoms with E-state index < -0.39 is 0 Å². The van der Waals surface area contributed by atoms with Crippen LogP contribution < -0.4 is 4.90 Å². The zero-order chi connectivity index (χ0) is 44.3. The summed E-state index contributed by atoms with van der Waals surface area (Å²) in [5.74, 6) is 0.575. The Morgan fingerprint density at radius 3 is 1.85 bits per heavy atom. The number of anilines is 3. The van der Waals surface area contributed by atoms with Gasteiger partial charge in [-0.05, 0) is 124 Å². The van der Waals surface area contributed by atoms with Gasteiger partial charge in [-0.15, -0.1) is 0 Å². The van der Waals surface area contributed by atoms with E-state index in [1.54, 1.807) is 0 Å². The Morgan fingerprint density at radius 1 is 0.418 bits per heavy atom. The van der Waals surface area contributed by atoms with Gasteiger partial charge in [-0.1, -0.05) is 177 Å². The maximum Gasteiger partial charge on any atom is 0.135 e. The Balaban J connectivity index is 0.972. The number of hydrogen-bond acceptors (Lipinski definition) is 2. The molecule has 13 rings (SSSR count). The van der Waals surface area contributed by atoms with Gasteiger partial charge in [0.1, 0.15) is 11.2 Å². The third kappa shape index (κ3) is 6.72. The predicted molar refractivity (Wildman–Crippen MR) is 282 cm³/mol. The van der Waals surface area contributed by atoms with Crippen molar-refractivity contribution < 1.29 is 4.42 Å². The molecular formula is C64H48N2O. The molecule has 1 saturated carbocycles. The lowest BCUT2D eigenvalue weighted by Gasteiger charge is -2.29. The van der Waals surface area contributed by atoms with Gasteiger partial charge in [0.2, 0.25) is 0 Å². The summed E-state index contributed by atoms with van der Waals surface area (Å²) in [5, 5.41) is 7.47. The van der Waals surface area contributed by atoms with Crippen molar-refractivity contribution in [3.05, 3.63) is 230 Å². The van der Waals surface area contributed by atoms with Gasteiger partial charge in [-0.3, -0.25) is 0 Å². The predicted octanol–water partition coefficient (Wildman–Crippen LogP) is 18.4. The first kappa shape index (κ1) is 39.2. The van der Waals surface area contributed by atoms with Crippen molar-refractivity contribution in [2.75, 3.05) is 4.90 Å². The molecule has 0 amide bonds. The molecule has 0 N–H and O–H groups in total. The van der Waals surface area contributed by atoms with Gasteiger partial charge >= 0.3 is 0 Å². The zero-order valence-corrected chi connectivity index (χ0v) is 37.3. The van der Waals surface area contributed by atoms with E-state index in [0.29, 0.717) is 5.92 Å². The molecule has 2 aromatic heterocycles. The van der Waals surface area contributed by atoms with Crippen molar-refractivity contribution >= 4 is 71.6 Å². The monoisotopic (exact) mass is 860 g/mol. The van der Waals surface area contributed by atoms with Gasteiger partial charge in [0.25, 0.3) is 0 Å². The molecule has 2 heterocycles. The fourth-order valence-electron chi connectivity index (χ4n) is 11.3. The maximum absolute atomic E-state index is 6.20. The van der Waals surface area contributed by atoms with Crippen LogP contribution >= 0.6 is 0 Å². The number of aromatic nitrogens is 1. The highest BCUT2D eigenvalue weighted by Crippen LogP contribution is 2.47. The molecule has 0 bridgehead atoms. The molecule has 1 aliphatic rings. The molecule has 0 unspecified atom stereocenters.